The zero-order chi connectivity index (χ0) is 39.7. The zero-order valence-corrected chi connectivity index (χ0v) is 32.8. The lowest BCUT2D eigenvalue weighted by Gasteiger charge is -2.53. The second kappa shape index (κ2) is 14.8. The Kier molecular flexibility index (Phi) is 10.1. The molecule has 2 aromatic carbocycles. The number of ketones is 2. The smallest absolute Gasteiger partial charge is 0.229 e. The maximum Gasteiger partial charge on any atom is 0.229 e. The van der Waals surface area contributed by atoms with E-state index < -0.39 is 65.1 Å². The number of pyridine rings is 1. The molecule has 300 valence electrons. The monoisotopic (exact) mass is 814 g/mol. The summed E-state index contributed by atoms with van der Waals surface area (Å²) in [6.07, 6.45) is 3.12. The summed E-state index contributed by atoms with van der Waals surface area (Å²) in [6.45, 7) is -0.826. The minimum Gasteiger partial charge on any atom is -0.511 e. The molecule has 2 aliphatic heterocycles. The zero-order valence-electron chi connectivity index (χ0n) is 31.2. The average molecular weight is 815 g/mol. The number of aliphatic hydroxyl groups is 6. The summed E-state index contributed by atoms with van der Waals surface area (Å²) in [7, 11) is 2.78. The molecule has 4 aliphatic carbocycles. The van der Waals surface area contributed by atoms with Gasteiger partial charge in [0.2, 0.25) is 6.29 Å². The minimum atomic E-state index is -2.22. The van der Waals surface area contributed by atoms with Crippen LogP contribution in [0.15, 0.2) is 78.2 Å². The lowest BCUT2D eigenvalue weighted by molar-refractivity contribution is -0.319. The van der Waals surface area contributed by atoms with Crippen LogP contribution in [0, 0.1) is 17.3 Å². The number of carbonyl (C=O) groups is 2. The number of carbonyl (C=O) groups excluding carboxylic acids is 2. The fourth-order valence-corrected chi connectivity index (χ4v) is 12.8. The van der Waals surface area contributed by atoms with Gasteiger partial charge < -0.3 is 45.4 Å². The fourth-order valence-electron chi connectivity index (χ4n) is 10.5. The van der Waals surface area contributed by atoms with Crippen LogP contribution >= 0.6 is 21.6 Å². The molecule has 2 spiro atoms. The molecule has 2 fully saturated rings. The number of anilines is 1. The van der Waals surface area contributed by atoms with E-state index in [1.807, 2.05) is 30.5 Å². The van der Waals surface area contributed by atoms with Gasteiger partial charge in [-0.2, -0.15) is 0 Å². The summed E-state index contributed by atoms with van der Waals surface area (Å²) in [5.41, 5.74) is -0.270. The lowest BCUT2D eigenvalue weighted by atomic mass is 9.59. The Morgan fingerprint density at radius 1 is 1.00 bits per heavy atom. The van der Waals surface area contributed by atoms with Crippen molar-refractivity contribution >= 4 is 39.0 Å². The number of hydrogen-bond donors (Lipinski definition) is 7. The van der Waals surface area contributed by atoms with Crippen molar-refractivity contribution in [3.63, 3.8) is 0 Å². The highest BCUT2D eigenvalue weighted by Gasteiger charge is 2.62. The maximum atomic E-state index is 15.1. The number of hydrogen-bond acceptors (Lipinski definition) is 14. The summed E-state index contributed by atoms with van der Waals surface area (Å²) in [5, 5.41) is 72.0. The van der Waals surface area contributed by atoms with Gasteiger partial charge in [0.1, 0.15) is 46.7 Å². The third-order valence-corrected chi connectivity index (χ3v) is 15.6. The molecule has 57 heavy (non-hydrogen) atoms. The number of aliphatic hydroxyl groups excluding tert-OH is 5. The molecule has 7 N–H and O–H groups in total. The number of benzene rings is 2. The lowest BCUT2D eigenvalue weighted by Crippen LogP contribution is -2.70. The molecular formula is C43H46N2O10S2. The van der Waals surface area contributed by atoms with Gasteiger partial charge in [-0.15, -0.1) is 0 Å². The number of aryl methyl sites for hydroxylation is 1. The van der Waals surface area contributed by atoms with Crippen LogP contribution in [-0.2, 0) is 29.6 Å². The highest BCUT2D eigenvalue weighted by Crippen LogP contribution is 2.58. The summed E-state index contributed by atoms with van der Waals surface area (Å²) in [5.74, 6) is -1.19. The van der Waals surface area contributed by atoms with Crippen LogP contribution in [0.5, 0.6) is 5.75 Å². The van der Waals surface area contributed by atoms with Crippen LogP contribution in [0.1, 0.15) is 75.1 Å². The second-order valence-electron chi connectivity index (χ2n) is 16.4. The highest BCUT2D eigenvalue weighted by atomic mass is 33.1. The van der Waals surface area contributed by atoms with E-state index in [4.69, 9.17) is 14.5 Å². The van der Waals surface area contributed by atoms with Gasteiger partial charge in [-0.1, -0.05) is 70.5 Å². The molecule has 0 amide bonds. The molecule has 9 rings (SSSR count). The predicted octanol–water partition coefficient (Wildman–Crippen LogP) is 4.57. The first-order valence-corrected chi connectivity index (χ1v) is 22.0. The van der Waals surface area contributed by atoms with Crippen LogP contribution < -0.4 is 10.1 Å². The Balaban J connectivity index is 1.15. The summed E-state index contributed by atoms with van der Waals surface area (Å²) < 4.78 is 12.3. The van der Waals surface area contributed by atoms with Gasteiger partial charge in [0, 0.05) is 22.9 Å². The van der Waals surface area contributed by atoms with E-state index in [-0.39, 0.29) is 47.3 Å². The van der Waals surface area contributed by atoms with Gasteiger partial charge in [0.25, 0.3) is 0 Å². The van der Waals surface area contributed by atoms with Gasteiger partial charge in [0.05, 0.1) is 30.6 Å². The van der Waals surface area contributed by atoms with Crippen molar-refractivity contribution in [1.82, 2.24) is 4.98 Å². The number of nitrogens with zero attached hydrogens (tertiary/aromatic N) is 1. The second-order valence-corrected chi connectivity index (χ2v) is 18.8. The molecule has 1 aromatic heterocycles. The third-order valence-electron chi connectivity index (χ3n) is 13.4. The van der Waals surface area contributed by atoms with Crippen LogP contribution in [0.4, 0.5) is 5.82 Å². The molecule has 14 heteroatoms. The largest absolute Gasteiger partial charge is 0.511 e. The number of aromatic nitrogens is 1. The number of nitrogens with one attached hydrogen (secondary N) is 1. The van der Waals surface area contributed by atoms with Crippen molar-refractivity contribution in [2.45, 2.75) is 87.2 Å². The van der Waals surface area contributed by atoms with E-state index in [9.17, 15) is 35.4 Å². The molecule has 1 saturated heterocycles. The Morgan fingerprint density at radius 3 is 2.65 bits per heavy atom. The molecule has 0 radical (unpaired) electrons. The Morgan fingerprint density at radius 2 is 1.82 bits per heavy atom. The molecule has 3 heterocycles. The standard InChI is InChI=1S/C43H46N2O10S2/c46-18-24-5-1-4-23(12-24)13-25-14-30-36(49)28-7-2-8-31-35(28)38(51)42(30,33(48)15-25)21-56-57-22-45-34-16-29-26(17-44-34)9-10-27-6-3-11-41(27,29)20-43(53)37(50)32(19-47)55-40(54-31)39(43)52/h1-2,4-5,7-8,12,14-17,27,30,32,37,39-40,46-48,50,52-53H,3,6,9-11,13,18-22H2,(H,44,45). The maximum absolute atomic E-state index is 15.1. The van der Waals surface area contributed by atoms with Crippen LogP contribution in [0.2, 0.25) is 0 Å². The molecule has 9 unspecified atom stereocenters. The van der Waals surface area contributed by atoms with Crippen LogP contribution in [-0.4, -0.2) is 95.6 Å². The van der Waals surface area contributed by atoms with Gasteiger partial charge >= 0.3 is 0 Å². The van der Waals surface area contributed by atoms with Crippen molar-refractivity contribution in [3.8, 4) is 5.75 Å². The van der Waals surface area contributed by atoms with E-state index in [2.05, 4.69) is 5.32 Å². The first kappa shape index (κ1) is 38.8. The first-order valence-electron chi connectivity index (χ1n) is 19.5. The highest BCUT2D eigenvalue weighted by molar-refractivity contribution is 8.76. The first-order chi connectivity index (χ1) is 27.5. The van der Waals surface area contributed by atoms with E-state index in [0.29, 0.717) is 30.1 Å². The fraction of sp³-hybridized carbons (Fsp3) is 0.465. The van der Waals surface area contributed by atoms with Crippen molar-refractivity contribution in [3.05, 3.63) is 112 Å². The van der Waals surface area contributed by atoms with Crippen molar-refractivity contribution in [2.24, 2.45) is 17.3 Å². The Hall–Kier alpha value is -3.73. The van der Waals surface area contributed by atoms with E-state index >= 15 is 4.79 Å². The summed E-state index contributed by atoms with van der Waals surface area (Å²) in [6, 6.07) is 14.0. The van der Waals surface area contributed by atoms with Crippen LogP contribution in [0.3, 0.4) is 0 Å². The molecule has 6 aliphatic rings. The number of rotatable bonds is 4. The van der Waals surface area contributed by atoms with E-state index in [1.54, 1.807) is 24.3 Å². The third kappa shape index (κ3) is 6.17. The topological polar surface area (TPSA) is 199 Å². The minimum absolute atomic E-state index is 0.0258. The van der Waals surface area contributed by atoms with Crippen molar-refractivity contribution in [2.75, 3.05) is 23.6 Å². The molecular weight excluding hydrogens is 769 g/mol. The number of fused-ring (bicyclic) bond motifs is 3. The van der Waals surface area contributed by atoms with Crippen LogP contribution in [0.25, 0.3) is 0 Å². The molecule has 9 atom stereocenters. The molecule has 3 aromatic rings. The Bertz CT molecular complexity index is 2180. The summed E-state index contributed by atoms with van der Waals surface area (Å²) >= 11 is 0. The predicted molar refractivity (Wildman–Crippen MR) is 214 cm³/mol. The molecule has 12 nitrogen and oxygen atoms in total. The van der Waals surface area contributed by atoms with Crippen molar-refractivity contribution < 1.29 is 49.7 Å². The van der Waals surface area contributed by atoms with Gasteiger partial charge in [0.15, 0.2) is 11.6 Å². The summed E-state index contributed by atoms with van der Waals surface area (Å²) in [4.78, 5) is 34.5. The Labute approximate surface area is 337 Å². The molecule has 1 saturated carbocycles. The van der Waals surface area contributed by atoms with Gasteiger partial charge in [-0.3, -0.25) is 9.59 Å². The molecule has 6 bridgehead atoms. The SMILES string of the molecule is O=C1c2cccc3c2C(=O)C2(CSSCNc4cc5c(cn4)CCC4CCCC54CC4(O)C(O)C(CO)OC(O3)C4O)C(O)=CC(Cc3cccc(CO)c3)=CC12. The van der Waals surface area contributed by atoms with Crippen molar-refractivity contribution in [1.29, 1.82) is 0 Å². The number of allylic oxidation sites excluding steroid dienone is 4. The number of ether oxygens (including phenoxy) is 2. The normalized spacial score (nSPS) is 34.7. The average Bonchev–Trinajstić information content (AvgIpc) is 3.64. The van der Waals surface area contributed by atoms with Gasteiger partial charge in [-0.25, -0.2) is 4.98 Å². The van der Waals surface area contributed by atoms with Gasteiger partial charge in [-0.05, 0) is 90.5 Å². The quantitative estimate of drug-likeness (QED) is 0.181. The van der Waals surface area contributed by atoms with E-state index in [1.165, 1.54) is 33.7 Å². The van der Waals surface area contributed by atoms with E-state index in [0.717, 1.165) is 47.9 Å². The number of Topliss-reactive ketones (excluding diaryl/α,β-unsaturated/α-hetero) is 2.